The molecule has 0 fully saturated rings. The first-order valence-corrected chi connectivity index (χ1v) is 4.40. The highest BCUT2D eigenvalue weighted by Crippen LogP contribution is 2.13. The van der Waals surface area contributed by atoms with Gasteiger partial charge in [0.15, 0.2) is 11.5 Å². The first-order valence-electron chi connectivity index (χ1n) is 4.40. The summed E-state index contributed by atoms with van der Waals surface area (Å²) < 4.78 is 0. The molecular weight excluding hydrogens is 182 g/mol. The molecule has 0 amide bonds. The van der Waals surface area contributed by atoms with Gasteiger partial charge in [0.2, 0.25) is 0 Å². The van der Waals surface area contributed by atoms with Gasteiger partial charge in [0.05, 0.1) is 6.33 Å². The predicted octanol–water partition coefficient (Wildman–Crippen LogP) is 0.147. The van der Waals surface area contributed by atoms with Crippen molar-refractivity contribution < 1.29 is 5.11 Å². The van der Waals surface area contributed by atoms with E-state index in [0.29, 0.717) is 18.6 Å². The van der Waals surface area contributed by atoms with E-state index in [9.17, 15) is 0 Å². The minimum atomic E-state index is 0.171. The van der Waals surface area contributed by atoms with Crippen molar-refractivity contribution in [3.05, 3.63) is 12.7 Å². The first-order chi connectivity index (χ1) is 6.92. The zero-order chi connectivity index (χ0) is 9.80. The quantitative estimate of drug-likeness (QED) is 0.601. The highest BCUT2D eigenvalue weighted by Gasteiger charge is 2.03. The molecule has 2 aromatic rings. The lowest BCUT2D eigenvalue weighted by atomic mass is 10.4. The van der Waals surface area contributed by atoms with Crippen molar-refractivity contribution in [2.24, 2.45) is 0 Å². The number of aromatic nitrogens is 4. The van der Waals surface area contributed by atoms with Gasteiger partial charge in [-0.2, -0.15) is 0 Å². The lowest BCUT2D eigenvalue weighted by Gasteiger charge is -2.03. The van der Waals surface area contributed by atoms with E-state index in [-0.39, 0.29) is 6.61 Å². The van der Waals surface area contributed by atoms with Gasteiger partial charge in [-0.05, 0) is 6.42 Å². The van der Waals surface area contributed by atoms with Crippen LogP contribution in [0.5, 0.6) is 0 Å². The SMILES string of the molecule is OCCCNc1ncnc2nc[nH]c12. The van der Waals surface area contributed by atoms with Crippen LogP contribution in [0.1, 0.15) is 6.42 Å². The molecule has 0 aromatic carbocycles. The van der Waals surface area contributed by atoms with Crippen molar-refractivity contribution in [2.75, 3.05) is 18.5 Å². The van der Waals surface area contributed by atoms with E-state index in [1.165, 1.54) is 6.33 Å². The van der Waals surface area contributed by atoms with Crippen LogP contribution < -0.4 is 5.32 Å². The minimum absolute atomic E-state index is 0.171. The molecule has 0 aliphatic heterocycles. The van der Waals surface area contributed by atoms with Crippen LogP contribution in [0.15, 0.2) is 12.7 Å². The summed E-state index contributed by atoms with van der Waals surface area (Å²) in [6.07, 6.45) is 3.74. The Morgan fingerprint density at radius 3 is 3.14 bits per heavy atom. The number of H-pyrrole nitrogens is 1. The van der Waals surface area contributed by atoms with Crippen molar-refractivity contribution in [1.82, 2.24) is 19.9 Å². The summed E-state index contributed by atoms with van der Waals surface area (Å²) in [6.45, 7) is 0.853. The van der Waals surface area contributed by atoms with Crippen LogP contribution in [0, 0.1) is 0 Å². The largest absolute Gasteiger partial charge is 0.396 e. The van der Waals surface area contributed by atoms with Crippen molar-refractivity contribution >= 4 is 17.0 Å². The number of fused-ring (bicyclic) bond motifs is 1. The van der Waals surface area contributed by atoms with E-state index in [4.69, 9.17) is 5.11 Å². The Morgan fingerprint density at radius 2 is 2.29 bits per heavy atom. The second-order valence-corrected chi connectivity index (χ2v) is 2.83. The third-order valence-electron chi connectivity index (χ3n) is 1.85. The molecule has 0 bridgehead atoms. The fraction of sp³-hybridized carbons (Fsp3) is 0.375. The summed E-state index contributed by atoms with van der Waals surface area (Å²) >= 11 is 0. The molecule has 3 N–H and O–H groups in total. The number of nitrogens with one attached hydrogen (secondary N) is 2. The topological polar surface area (TPSA) is 86.7 Å². The Balaban J connectivity index is 2.19. The highest BCUT2D eigenvalue weighted by molar-refractivity contribution is 5.81. The second kappa shape index (κ2) is 4.01. The zero-order valence-electron chi connectivity index (χ0n) is 7.56. The molecule has 6 nitrogen and oxygen atoms in total. The van der Waals surface area contributed by atoms with Gasteiger partial charge < -0.3 is 15.4 Å². The number of hydrogen-bond donors (Lipinski definition) is 3. The molecule has 0 saturated heterocycles. The molecule has 0 aliphatic carbocycles. The number of aromatic amines is 1. The van der Waals surface area contributed by atoms with E-state index in [0.717, 1.165) is 11.3 Å². The summed E-state index contributed by atoms with van der Waals surface area (Å²) in [6, 6.07) is 0. The molecule has 0 radical (unpaired) electrons. The molecule has 2 rings (SSSR count). The Bertz CT molecular complexity index is 413. The Hall–Kier alpha value is -1.69. The van der Waals surface area contributed by atoms with Gasteiger partial charge in [-0.1, -0.05) is 0 Å². The van der Waals surface area contributed by atoms with Gasteiger partial charge in [-0.3, -0.25) is 0 Å². The Labute approximate surface area is 80.4 Å². The number of nitrogens with zero attached hydrogens (tertiary/aromatic N) is 3. The molecule has 0 unspecified atom stereocenters. The summed E-state index contributed by atoms with van der Waals surface area (Å²) in [5, 5.41) is 11.7. The van der Waals surface area contributed by atoms with E-state index in [2.05, 4.69) is 25.3 Å². The predicted molar refractivity (Wildman–Crippen MR) is 51.9 cm³/mol. The van der Waals surface area contributed by atoms with Crippen molar-refractivity contribution in [1.29, 1.82) is 0 Å². The maximum absolute atomic E-state index is 8.62. The fourth-order valence-corrected chi connectivity index (χ4v) is 1.18. The number of imidazole rings is 1. The van der Waals surface area contributed by atoms with Crippen LogP contribution in [0.2, 0.25) is 0 Å². The lowest BCUT2D eigenvalue weighted by Crippen LogP contribution is -2.05. The fourth-order valence-electron chi connectivity index (χ4n) is 1.18. The van der Waals surface area contributed by atoms with Crippen LogP contribution >= 0.6 is 0 Å². The van der Waals surface area contributed by atoms with Gasteiger partial charge in [-0.25, -0.2) is 15.0 Å². The maximum Gasteiger partial charge on any atom is 0.182 e. The number of hydrogen-bond acceptors (Lipinski definition) is 5. The van der Waals surface area contributed by atoms with Gasteiger partial charge in [0.1, 0.15) is 11.8 Å². The summed E-state index contributed by atoms with van der Waals surface area (Å²) in [5.41, 5.74) is 1.44. The van der Waals surface area contributed by atoms with E-state index >= 15 is 0 Å². The number of aliphatic hydroxyl groups excluding tert-OH is 1. The van der Waals surface area contributed by atoms with E-state index in [1.54, 1.807) is 6.33 Å². The molecular formula is C8H11N5O. The van der Waals surface area contributed by atoms with Crippen LogP contribution in [0.3, 0.4) is 0 Å². The molecule has 2 heterocycles. The van der Waals surface area contributed by atoms with Gasteiger partial charge in [0, 0.05) is 13.2 Å². The first kappa shape index (κ1) is 8.89. The molecule has 2 aromatic heterocycles. The smallest absolute Gasteiger partial charge is 0.182 e. The summed E-state index contributed by atoms with van der Waals surface area (Å²) in [4.78, 5) is 15.0. The molecule has 0 saturated carbocycles. The Morgan fingerprint density at radius 1 is 1.36 bits per heavy atom. The third-order valence-corrected chi connectivity index (χ3v) is 1.85. The van der Waals surface area contributed by atoms with Crippen LogP contribution in [-0.2, 0) is 0 Å². The average molecular weight is 193 g/mol. The monoisotopic (exact) mass is 193 g/mol. The molecule has 14 heavy (non-hydrogen) atoms. The average Bonchev–Trinajstić information content (AvgIpc) is 2.67. The van der Waals surface area contributed by atoms with Crippen LogP contribution in [-0.4, -0.2) is 38.2 Å². The van der Waals surface area contributed by atoms with Crippen LogP contribution in [0.25, 0.3) is 11.2 Å². The summed E-state index contributed by atoms with van der Waals surface area (Å²) in [7, 11) is 0. The minimum Gasteiger partial charge on any atom is -0.396 e. The van der Waals surface area contributed by atoms with Gasteiger partial charge in [0.25, 0.3) is 0 Å². The highest BCUT2D eigenvalue weighted by atomic mass is 16.3. The third kappa shape index (κ3) is 1.64. The maximum atomic E-state index is 8.62. The van der Waals surface area contributed by atoms with Gasteiger partial charge in [-0.15, -0.1) is 0 Å². The zero-order valence-corrected chi connectivity index (χ0v) is 7.56. The van der Waals surface area contributed by atoms with Crippen LogP contribution in [0.4, 0.5) is 5.82 Å². The molecule has 74 valence electrons. The molecule has 0 atom stereocenters. The molecule has 0 aliphatic rings. The second-order valence-electron chi connectivity index (χ2n) is 2.83. The summed E-state index contributed by atoms with van der Waals surface area (Å²) in [5.74, 6) is 0.723. The molecule has 0 spiro atoms. The van der Waals surface area contributed by atoms with Crippen molar-refractivity contribution in [2.45, 2.75) is 6.42 Å². The number of rotatable bonds is 4. The normalized spacial score (nSPS) is 10.6. The molecule has 6 heteroatoms. The van der Waals surface area contributed by atoms with E-state index in [1.807, 2.05) is 0 Å². The standard InChI is InChI=1S/C8H11N5O/c14-3-1-2-9-7-6-8(11-4-10-6)13-5-12-7/h4-5,14H,1-3H2,(H2,9,10,11,12,13). The number of aliphatic hydroxyl groups is 1. The lowest BCUT2D eigenvalue weighted by molar-refractivity contribution is 0.292. The Kier molecular flexibility index (Phi) is 2.55. The van der Waals surface area contributed by atoms with Gasteiger partial charge >= 0.3 is 0 Å². The van der Waals surface area contributed by atoms with Crippen molar-refractivity contribution in [3.63, 3.8) is 0 Å². The van der Waals surface area contributed by atoms with Crippen molar-refractivity contribution in [3.8, 4) is 0 Å². The van der Waals surface area contributed by atoms with E-state index < -0.39 is 0 Å². The number of anilines is 1.